The Hall–Kier alpha value is -1.97. The third kappa shape index (κ3) is 4.05. The number of esters is 1. The zero-order valence-corrected chi connectivity index (χ0v) is 13.3. The van der Waals surface area contributed by atoms with Gasteiger partial charge in [-0.25, -0.2) is 4.79 Å². The Bertz CT molecular complexity index is 672. The molecule has 0 aliphatic carbocycles. The van der Waals surface area contributed by atoms with Crippen molar-refractivity contribution >= 4 is 5.97 Å². The van der Waals surface area contributed by atoms with Gasteiger partial charge < -0.3 is 9.47 Å². The summed E-state index contributed by atoms with van der Waals surface area (Å²) in [5.41, 5.74) is -2.29. The number of benzene rings is 1. The highest BCUT2D eigenvalue weighted by molar-refractivity contribution is 5.76. The van der Waals surface area contributed by atoms with Gasteiger partial charge in [0.15, 0.2) is 5.72 Å². The first kappa shape index (κ1) is 18.8. The van der Waals surface area contributed by atoms with E-state index in [1.165, 1.54) is 0 Å². The van der Waals surface area contributed by atoms with Crippen LogP contribution in [0.3, 0.4) is 0 Å². The molecule has 0 unspecified atom stereocenters. The van der Waals surface area contributed by atoms with Gasteiger partial charge in [0, 0.05) is 18.9 Å². The minimum Gasteiger partial charge on any atom is -0.490 e. The van der Waals surface area contributed by atoms with Crippen LogP contribution in [0.1, 0.15) is 31.2 Å². The van der Waals surface area contributed by atoms with E-state index in [1.807, 2.05) is 0 Å². The number of piperidine rings is 1. The third-order valence-electron chi connectivity index (χ3n) is 4.47. The minimum absolute atomic E-state index is 0.0215. The highest BCUT2D eigenvalue weighted by Crippen LogP contribution is 2.40. The maximum absolute atomic E-state index is 12.6. The molecule has 0 radical (unpaired) electrons. The van der Waals surface area contributed by atoms with E-state index in [4.69, 9.17) is 4.74 Å². The van der Waals surface area contributed by atoms with Crippen molar-refractivity contribution in [1.29, 1.82) is 0 Å². The van der Waals surface area contributed by atoms with Crippen LogP contribution in [0.5, 0.6) is 5.75 Å². The van der Waals surface area contributed by atoms with Gasteiger partial charge in [-0.3, -0.25) is 5.32 Å². The van der Waals surface area contributed by atoms with Crippen molar-refractivity contribution in [2.24, 2.45) is 0 Å². The van der Waals surface area contributed by atoms with Gasteiger partial charge in [-0.1, -0.05) is 0 Å². The quantitative estimate of drug-likeness (QED) is 0.637. The largest absolute Gasteiger partial charge is 0.490 e. The second-order valence-electron chi connectivity index (χ2n) is 6.46. The molecule has 2 bridgehead atoms. The van der Waals surface area contributed by atoms with Gasteiger partial charge in [0.2, 0.25) is 0 Å². The maximum atomic E-state index is 12.6. The lowest BCUT2D eigenvalue weighted by Crippen LogP contribution is -2.56. The van der Waals surface area contributed by atoms with E-state index in [9.17, 15) is 31.1 Å². The molecule has 0 saturated carbocycles. The lowest BCUT2D eigenvalue weighted by molar-refractivity contribution is -0.219. The lowest BCUT2D eigenvalue weighted by Gasteiger charge is -2.38. The topological polar surface area (TPSA) is 47.6 Å². The summed E-state index contributed by atoms with van der Waals surface area (Å²) in [4.78, 5) is 11.2. The van der Waals surface area contributed by atoms with Crippen LogP contribution < -0.4 is 10.1 Å². The molecular weight excluding hydrogens is 368 g/mol. The molecule has 26 heavy (non-hydrogen) atoms. The number of halogens is 6. The highest BCUT2D eigenvalue weighted by atomic mass is 19.4. The van der Waals surface area contributed by atoms with Crippen LogP contribution >= 0.6 is 0 Å². The second-order valence-corrected chi connectivity index (χ2v) is 6.46. The van der Waals surface area contributed by atoms with Gasteiger partial charge in [0.05, 0.1) is 5.56 Å². The molecule has 1 aromatic rings. The molecular formula is C16H15F6NO3. The van der Waals surface area contributed by atoms with Crippen molar-refractivity contribution in [1.82, 2.24) is 5.32 Å². The van der Waals surface area contributed by atoms with Gasteiger partial charge in [-0.15, -0.1) is 0 Å². The summed E-state index contributed by atoms with van der Waals surface area (Å²) in [6, 6.07) is 3.85. The number of fused-ring (bicyclic) bond motifs is 2. The van der Waals surface area contributed by atoms with Crippen molar-refractivity contribution in [3.63, 3.8) is 0 Å². The summed E-state index contributed by atoms with van der Waals surface area (Å²) in [5, 5.41) is 2.88. The Morgan fingerprint density at radius 1 is 1.12 bits per heavy atom. The van der Waals surface area contributed by atoms with Crippen LogP contribution in [-0.2, 0) is 15.7 Å². The molecule has 1 N–H and O–H groups in total. The monoisotopic (exact) mass is 383 g/mol. The number of hydrogen-bond acceptors (Lipinski definition) is 4. The van der Waals surface area contributed by atoms with Crippen molar-refractivity contribution in [3.8, 4) is 5.75 Å². The highest BCUT2D eigenvalue weighted by Gasteiger charge is 2.53. The lowest BCUT2D eigenvalue weighted by atomic mass is 9.99. The number of nitrogens with one attached hydrogen (secondary N) is 1. The molecule has 2 aliphatic rings. The number of alkyl halides is 6. The Morgan fingerprint density at radius 3 is 2.35 bits per heavy atom. The van der Waals surface area contributed by atoms with Crippen molar-refractivity contribution in [2.75, 3.05) is 0 Å². The smallest absolute Gasteiger partial charge is 0.490 e. The normalized spacial score (nSPS) is 28.7. The molecule has 0 aromatic heterocycles. The van der Waals surface area contributed by atoms with Crippen molar-refractivity contribution in [3.05, 3.63) is 29.8 Å². The number of rotatable bonds is 3. The Labute approximate surface area is 144 Å². The summed E-state index contributed by atoms with van der Waals surface area (Å²) in [5.74, 6) is -2.11. The average Bonchev–Trinajstić information content (AvgIpc) is 2.80. The molecule has 1 aromatic carbocycles. The summed E-state index contributed by atoms with van der Waals surface area (Å²) < 4.78 is 85.4. The van der Waals surface area contributed by atoms with Crippen LogP contribution in [0, 0.1) is 0 Å². The van der Waals surface area contributed by atoms with Crippen LogP contribution in [0.25, 0.3) is 0 Å². The Balaban J connectivity index is 1.68. The summed E-state index contributed by atoms with van der Waals surface area (Å²) >= 11 is 0. The van der Waals surface area contributed by atoms with E-state index in [0.717, 1.165) is 24.3 Å². The standard InChI is InChI=1S/C16H15F6NO3/c17-15(18,19)9-1-3-11(4-2-9)25-12-7-10-5-6-14(8-12,23-10)26-13(24)16(20,21)22/h1-4,10,12,23H,5-8H2/t10-,12+,14+/m0/s1. The van der Waals surface area contributed by atoms with E-state index in [0.29, 0.717) is 12.8 Å². The van der Waals surface area contributed by atoms with E-state index in [2.05, 4.69) is 10.1 Å². The number of hydrogen-bond donors (Lipinski definition) is 1. The first-order valence-electron chi connectivity index (χ1n) is 7.89. The predicted molar refractivity (Wildman–Crippen MR) is 76.1 cm³/mol. The van der Waals surface area contributed by atoms with Gasteiger partial charge in [0.1, 0.15) is 11.9 Å². The zero-order chi connectivity index (χ0) is 19.2. The summed E-state index contributed by atoms with van der Waals surface area (Å²) in [6.45, 7) is 0. The summed E-state index contributed by atoms with van der Waals surface area (Å²) in [7, 11) is 0. The summed E-state index contributed by atoms with van der Waals surface area (Å²) in [6.07, 6.45) is -9.00. The fourth-order valence-electron chi connectivity index (χ4n) is 3.39. The van der Waals surface area contributed by atoms with Crippen LogP contribution in [0.4, 0.5) is 26.3 Å². The van der Waals surface area contributed by atoms with Crippen LogP contribution in [0.15, 0.2) is 24.3 Å². The molecule has 2 aliphatic heterocycles. The van der Waals surface area contributed by atoms with Gasteiger partial charge in [0.25, 0.3) is 0 Å². The maximum Gasteiger partial charge on any atom is 0.490 e. The predicted octanol–water partition coefficient (Wildman–Crippen LogP) is 3.80. The van der Waals surface area contributed by atoms with E-state index < -0.39 is 35.7 Å². The van der Waals surface area contributed by atoms with Crippen LogP contribution in [-0.4, -0.2) is 30.0 Å². The number of carbonyl (C=O) groups is 1. The Kier molecular flexibility index (Phi) is 4.58. The van der Waals surface area contributed by atoms with Crippen molar-refractivity contribution in [2.45, 2.75) is 55.9 Å². The number of ether oxygens (including phenoxy) is 2. The third-order valence-corrected chi connectivity index (χ3v) is 4.47. The van der Waals surface area contributed by atoms with Gasteiger partial charge >= 0.3 is 18.3 Å². The molecule has 4 nitrogen and oxygen atoms in total. The number of carbonyl (C=O) groups excluding carboxylic acids is 1. The molecule has 0 amide bonds. The van der Waals surface area contributed by atoms with Gasteiger partial charge in [-0.2, -0.15) is 26.3 Å². The minimum atomic E-state index is -5.10. The van der Waals surface area contributed by atoms with E-state index in [1.54, 1.807) is 0 Å². The zero-order valence-electron chi connectivity index (χ0n) is 13.3. The molecule has 2 saturated heterocycles. The molecule has 3 atom stereocenters. The average molecular weight is 383 g/mol. The second kappa shape index (κ2) is 6.33. The fraction of sp³-hybridized carbons (Fsp3) is 0.562. The fourth-order valence-corrected chi connectivity index (χ4v) is 3.39. The Morgan fingerprint density at radius 2 is 1.77 bits per heavy atom. The van der Waals surface area contributed by atoms with Crippen molar-refractivity contribution < 1.29 is 40.6 Å². The van der Waals surface area contributed by atoms with E-state index in [-0.39, 0.29) is 24.6 Å². The molecule has 10 heteroatoms. The molecule has 144 valence electrons. The first-order chi connectivity index (χ1) is 12.0. The van der Waals surface area contributed by atoms with Crippen LogP contribution in [0.2, 0.25) is 0 Å². The molecule has 2 fully saturated rings. The van der Waals surface area contributed by atoms with Gasteiger partial charge in [-0.05, 0) is 37.1 Å². The molecule has 3 rings (SSSR count). The molecule has 0 spiro atoms. The molecule has 2 heterocycles. The first-order valence-corrected chi connectivity index (χ1v) is 7.89. The van der Waals surface area contributed by atoms with E-state index >= 15 is 0 Å². The SMILES string of the molecule is O=C(O[C@]12CC[C@@H](C[C@@H](Oc3ccc(C(F)(F)F)cc3)C1)N2)C(F)(F)F.